The van der Waals surface area contributed by atoms with E-state index in [1.54, 1.807) is 0 Å². The molecular formula is C17H26F2N2. The highest BCUT2D eigenvalue weighted by molar-refractivity contribution is 5.18. The van der Waals surface area contributed by atoms with Gasteiger partial charge in [-0.3, -0.25) is 0 Å². The molecule has 4 heteroatoms. The zero-order valence-electron chi connectivity index (χ0n) is 13.0. The summed E-state index contributed by atoms with van der Waals surface area (Å²) in [7, 11) is 0. The largest absolute Gasteiger partial charge is 0.314 e. The van der Waals surface area contributed by atoms with E-state index in [4.69, 9.17) is 0 Å². The average Bonchev–Trinajstić information content (AvgIpc) is 2.41. The predicted molar refractivity (Wildman–Crippen MR) is 82.4 cm³/mol. The van der Waals surface area contributed by atoms with Crippen molar-refractivity contribution in [1.29, 1.82) is 0 Å². The fourth-order valence-electron chi connectivity index (χ4n) is 3.00. The lowest BCUT2D eigenvalue weighted by molar-refractivity contribution is 0.199. The van der Waals surface area contributed by atoms with Gasteiger partial charge in [-0.15, -0.1) is 0 Å². The van der Waals surface area contributed by atoms with Gasteiger partial charge < -0.3 is 10.2 Å². The molecule has 0 amide bonds. The molecule has 1 N–H and O–H groups in total. The summed E-state index contributed by atoms with van der Waals surface area (Å²) in [6, 6.07) is 4.39. The van der Waals surface area contributed by atoms with Crippen molar-refractivity contribution >= 4 is 0 Å². The fourth-order valence-corrected chi connectivity index (χ4v) is 3.00. The Morgan fingerprint density at radius 2 is 1.95 bits per heavy atom. The predicted octanol–water partition coefficient (Wildman–Crippen LogP) is 3.22. The van der Waals surface area contributed by atoms with E-state index in [1.807, 2.05) is 0 Å². The van der Waals surface area contributed by atoms with E-state index in [1.165, 1.54) is 12.1 Å². The molecular weight excluding hydrogens is 270 g/mol. The number of halogens is 2. The Bertz CT molecular complexity index is 430. The Balaban J connectivity index is 1.90. The number of nitrogens with zero attached hydrogens (tertiary/aromatic N) is 1. The summed E-state index contributed by atoms with van der Waals surface area (Å²) in [6.45, 7) is 8.46. The van der Waals surface area contributed by atoms with Gasteiger partial charge in [-0.1, -0.05) is 13.8 Å². The SMILES string of the molecule is CCC1CCN(CCc2cc(F)cc(F)c2)CC(C)CN1. The normalized spacial score (nSPS) is 24.6. The topological polar surface area (TPSA) is 15.3 Å². The van der Waals surface area contributed by atoms with Crippen LogP contribution in [0.1, 0.15) is 32.3 Å². The Morgan fingerprint density at radius 1 is 1.24 bits per heavy atom. The lowest BCUT2D eigenvalue weighted by atomic mass is 10.0. The van der Waals surface area contributed by atoms with Crippen LogP contribution in [0.5, 0.6) is 0 Å². The number of hydrogen-bond acceptors (Lipinski definition) is 2. The van der Waals surface area contributed by atoms with Crippen molar-refractivity contribution in [2.24, 2.45) is 5.92 Å². The maximum atomic E-state index is 13.2. The molecule has 0 radical (unpaired) electrons. The second-order valence-corrected chi connectivity index (χ2v) is 6.24. The van der Waals surface area contributed by atoms with Gasteiger partial charge in [0.25, 0.3) is 0 Å². The Labute approximate surface area is 126 Å². The van der Waals surface area contributed by atoms with Crippen molar-refractivity contribution < 1.29 is 8.78 Å². The van der Waals surface area contributed by atoms with Crippen LogP contribution in [0.2, 0.25) is 0 Å². The van der Waals surface area contributed by atoms with Gasteiger partial charge in [0.1, 0.15) is 11.6 Å². The molecule has 1 fully saturated rings. The molecule has 2 nitrogen and oxygen atoms in total. The maximum Gasteiger partial charge on any atom is 0.126 e. The number of benzene rings is 1. The van der Waals surface area contributed by atoms with Crippen LogP contribution in [0.4, 0.5) is 8.78 Å². The molecule has 0 spiro atoms. The number of hydrogen-bond donors (Lipinski definition) is 1. The summed E-state index contributed by atoms with van der Waals surface area (Å²) in [5.41, 5.74) is 0.743. The number of nitrogens with one attached hydrogen (secondary N) is 1. The second kappa shape index (κ2) is 7.85. The van der Waals surface area contributed by atoms with Gasteiger partial charge in [-0.05, 0) is 56.0 Å². The van der Waals surface area contributed by atoms with Crippen LogP contribution in [0.25, 0.3) is 0 Å². The van der Waals surface area contributed by atoms with Crippen molar-refractivity contribution in [1.82, 2.24) is 10.2 Å². The van der Waals surface area contributed by atoms with E-state index in [2.05, 4.69) is 24.1 Å². The summed E-state index contributed by atoms with van der Waals surface area (Å²) in [5, 5.41) is 3.60. The van der Waals surface area contributed by atoms with Gasteiger partial charge in [-0.25, -0.2) is 8.78 Å². The Morgan fingerprint density at radius 3 is 2.62 bits per heavy atom. The van der Waals surface area contributed by atoms with Crippen molar-refractivity contribution in [3.8, 4) is 0 Å². The lowest BCUT2D eigenvalue weighted by Gasteiger charge is -2.32. The van der Waals surface area contributed by atoms with Crippen LogP contribution in [0.15, 0.2) is 18.2 Å². The van der Waals surface area contributed by atoms with E-state index < -0.39 is 11.6 Å². The zero-order valence-corrected chi connectivity index (χ0v) is 13.0. The lowest BCUT2D eigenvalue weighted by Crippen LogP contribution is -2.43. The molecule has 1 heterocycles. The summed E-state index contributed by atoms with van der Waals surface area (Å²) in [6.07, 6.45) is 2.99. The van der Waals surface area contributed by atoms with Gasteiger partial charge in [0, 0.05) is 25.2 Å². The van der Waals surface area contributed by atoms with E-state index in [0.717, 1.165) is 50.7 Å². The summed E-state index contributed by atoms with van der Waals surface area (Å²) in [5.74, 6) is -0.369. The molecule has 1 aliphatic heterocycles. The van der Waals surface area contributed by atoms with E-state index in [0.29, 0.717) is 18.4 Å². The highest BCUT2D eigenvalue weighted by Crippen LogP contribution is 2.12. The minimum Gasteiger partial charge on any atom is -0.314 e. The molecule has 1 saturated heterocycles. The molecule has 1 aliphatic rings. The van der Waals surface area contributed by atoms with Crippen LogP contribution in [0, 0.1) is 17.6 Å². The first-order chi connectivity index (χ1) is 10.1. The highest BCUT2D eigenvalue weighted by Gasteiger charge is 2.17. The summed E-state index contributed by atoms with van der Waals surface area (Å²) < 4.78 is 26.4. The smallest absolute Gasteiger partial charge is 0.126 e. The van der Waals surface area contributed by atoms with E-state index in [9.17, 15) is 8.78 Å². The fraction of sp³-hybridized carbons (Fsp3) is 0.647. The van der Waals surface area contributed by atoms with Crippen LogP contribution < -0.4 is 5.32 Å². The van der Waals surface area contributed by atoms with Crippen molar-refractivity contribution in [2.45, 2.75) is 39.2 Å². The molecule has 0 saturated carbocycles. The molecule has 2 unspecified atom stereocenters. The van der Waals surface area contributed by atoms with Gasteiger partial charge in [-0.2, -0.15) is 0 Å². The van der Waals surface area contributed by atoms with Crippen molar-refractivity contribution in [2.75, 3.05) is 26.2 Å². The van der Waals surface area contributed by atoms with Gasteiger partial charge in [0.05, 0.1) is 0 Å². The van der Waals surface area contributed by atoms with Gasteiger partial charge in [0.15, 0.2) is 0 Å². The van der Waals surface area contributed by atoms with Gasteiger partial charge >= 0.3 is 0 Å². The van der Waals surface area contributed by atoms with E-state index in [-0.39, 0.29) is 0 Å². The minimum absolute atomic E-state index is 0.485. The molecule has 21 heavy (non-hydrogen) atoms. The maximum absolute atomic E-state index is 13.2. The molecule has 118 valence electrons. The average molecular weight is 296 g/mol. The standard InChI is InChI=1S/C17H26F2N2/c1-3-17-5-7-21(12-13(2)11-20-17)6-4-14-8-15(18)10-16(19)9-14/h8-10,13,17,20H,3-7,11-12H2,1-2H3. The Kier molecular flexibility index (Phi) is 6.12. The highest BCUT2D eigenvalue weighted by atomic mass is 19.1. The molecule has 2 rings (SSSR count). The monoisotopic (exact) mass is 296 g/mol. The minimum atomic E-state index is -0.485. The third-order valence-corrected chi connectivity index (χ3v) is 4.25. The van der Waals surface area contributed by atoms with Crippen molar-refractivity contribution in [3.05, 3.63) is 35.4 Å². The Hall–Kier alpha value is -1.00. The first-order valence-electron chi connectivity index (χ1n) is 7.97. The molecule has 0 bridgehead atoms. The molecule has 0 aliphatic carbocycles. The van der Waals surface area contributed by atoms with Crippen molar-refractivity contribution in [3.63, 3.8) is 0 Å². The third kappa shape index (κ3) is 5.36. The van der Waals surface area contributed by atoms with Gasteiger partial charge in [0.2, 0.25) is 0 Å². The molecule has 2 atom stereocenters. The number of rotatable bonds is 4. The first kappa shape index (κ1) is 16.4. The molecule has 0 aromatic heterocycles. The van der Waals surface area contributed by atoms with Crippen LogP contribution in [-0.4, -0.2) is 37.1 Å². The first-order valence-corrected chi connectivity index (χ1v) is 7.97. The van der Waals surface area contributed by atoms with Crippen LogP contribution in [0.3, 0.4) is 0 Å². The van der Waals surface area contributed by atoms with E-state index >= 15 is 0 Å². The quantitative estimate of drug-likeness (QED) is 0.918. The third-order valence-electron chi connectivity index (χ3n) is 4.25. The summed E-state index contributed by atoms with van der Waals surface area (Å²) >= 11 is 0. The molecule has 1 aromatic rings. The van der Waals surface area contributed by atoms with Crippen LogP contribution >= 0.6 is 0 Å². The molecule has 1 aromatic carbocycles. The van der Waals surface area contributed by atoms with Crippen LogP contribution in [-0.2, 0) is 6.42 Å². The second-order valence-electron chi connectivity index (χ2n) is 6.24. The summed E-state index contributed by atoms with van der Waals surface area (Å²) in [4.78, 5) is 2.43. The zero-order chi connectivity index (χ0) is 15.2.